The van der Waals surface area contributed by atoms with Gasteiger partial charge in [-0.3, -0.25) is 9.59 Å². The smallest absolute Gasteiger partial charge is 0.307 e. The summed E-state index contributed by atoms with van der Waals surface area (Å²) in [7, 11) is 1.32. The van der Waals surface area contributed by atoms with Gasteiger partial charge in [-0.15, -0.1) is 0 Å². The van der Waals surface area contributed by atoms with Crippen LogP contribution in [0.4, 0.5) is 0 Å². The molecule has 0 aliphatic carbocycles. The van der Waals surface area contributed by atoms with Gasteiger partial charge in [-0.25, -0.2) is 0 Å². The molecule has 18 heavy (non-hydrogen) atoms. The zero-order valence-electron chi connectivity index (χ0n) is 10.2. The monoisotopic (exact) mass is 269 g/mol. The van der Waals surface area contributed by atoms with Crippen molar-refractivity contribution in [3.05, 3.63) is 34.9 Å². The second-order valence-corrected chi connectivity index (χ2v) is 4.17. The maximum atomic E-state index is 11.5. The van der Waals surface area contributed by atoms with Gasteiger partial charge in [0.25, 0.3) is 0 Å². The van der Waals surface area contributed by atoms with Gasteiger partial charge in [-0.05, 0) is 18.1 Å². The summed E-state index contributed by atoms with van der Waals surface area (Å²) < 4.78 is 4.47. The summed E-state index contributed by atoms with van der Waals surface area (Å²) in [6, 6.07) is 7.43. The van der Waals surface area contributed by atoms with Crippen LogP contribution < -0.4 is 5.32 Å². The largest absolute Gasteiger partial charge is 0.469 e. The van der Waals surface area contributed by atoms with Gasteiger partial charge in [-0.2, -0.15) is 0 Å². The number of halogens is 1. The molecule has 0 aliphatic heterocycles. The maximum absolute atomic E-state index is 11.5. The van der Waals surface area contributed by atoms with E-state index in [0.29, 0.717) is 24.4 Å². The molecule has 0 atom stereocenters. The Labute approximate surface area is 111 Å². The predicted molar refractivity (Wildman–Crippen MR) is 69.4 cm³/mol. The van der Waals surface area contributed by atoms with Gasteiger partial charge < -0.3 is 10.1 Å². The van der Waals surface area contributed by atoms with Crippen LogP contribution in [0.5, 0.6) is 0 Å². The SMILES string of the molecule is COC(=O)CCNC(=O)CCc1ccccc1Cl. The van der Waals surface area contributed by atoms with Crippen LogP contribution >= 0.6 is 11.6 Å². The van der Waals surface area contributed by atoms with Crippen LogP contribution in [-0.2, 0) is 20.7 Å². The fourth-order valence-electron chi connectivity index (χ4n) is 1.44. The number of ether oxygens (including phenoxy) is 1. The molecule has 0 spiro atoms. The van der Waals surface area contributed by atoms with Crippen molar-refractivity contribution in [1.82, 2.24) is 5.32 Å². The Morgan fingerprint density at radius 3 is 2.67 bits per heavy atom. The molecule has 1 N–H and O–H groups in total. The van der Waals surface area contributed by atoms with Crippen molar-refractivity contribution < 1.29 is 14.3 Å². The molecular weight excluding hydrogens is 254 g/mol. The Morgan fingerprint density at radius 1 is 1.28 bits per heavy atom. The molecule has 5 heteroatoms. The number of benzene rings is 1. The fraction of sp³-hybridized carbons (Fsp3) is 0.385. The summed E-state index contributed by atoms with van der Waals surface area (Å²) in [6.45, 7) is 0.300. The molecule has 0 unspecified atom stereocenters. The number of methoxy groups -OCH3 is 1. The molecule has 0 fully saturated rings. The zero-order valence-corrected chi connectivity index (χ0v) is 11.0. The minimum Gasteiger partial charge on any atom is -0.469 e. The van der Waals surface area contributed by atoms with E-state index in [1.54, 1.807) is 6.07 Å². The summed E-state index contributed by atoms with van der Waals surface area (Å²) in [4.78, 5) is 22.3. The second kappa shape index (κ2) is 7.71. The number of nitrogens with one attached hydrogen (secondary N) is 1. The van der Waals surface area contributed by atoms with Crippen LogP contribution in [-0.4, -0.2) is 25.5 Å². The number of carbonyl (C=O) groups is 2. The second-order valence-electron chi connectivity index (χ2n) is 3.77. The van der Waals surface area contributed by atoms with Crippen molar-refractivity contribution in [2.45, 2.75) is 19.3 Å². The van der Waals surface area contributed by atoms with Crippen molar-refractivity contribution in [1.29, 1.82) is 0 Å². The van der Waals surface area contributed by atoms with E-state index in [0.717, 1.165) is 5.56 Å². The third-order valence-corrected chi connectivity index (χ3v) is 2.83. The molecular formula is C13H16ClNO3. The highest BCUT2D eigenvalue weighted by molar-refractivity contribution is 6.31. The van der Waals surface area contributed by atoms with Gasteiger partial charge in [0.1, 0.15) is 0 Å². The van der Waals surface area contributed by atoms with Gasteiger partial charge in [-0.1, -0.05) is 29.8 Å². The molecule has 1 aromatic rings. The van der Waals surface area contributed by atoms with E-state index in [-0.39, 0.29) is 18.3 Å². The Hall–Kier alpha value is -1.55. The summed E-state index contributed by atoms with van der Waals surface area (Å²) in [5.74, 6) is -0.430. The van der Waals surface area contributed by atoms with Gasteiger partial charge >= 0.3 is 5.97 Å². The lowest BCUT2D eigenvalue weighted by molar-refractivity contribution is -0.140. The summed E-state index contributed by atoms with van der Waals surface area (Å²) in [5.41, 5.74) is 0.947. The average molecular weight is 270 g/mol. The number of hydrogen-bond donors (Lipinski definition) is 1. The van der Waals surface area contributed by atoms with E-state index in [9.17, 15) is 9.59 Å². The summed E-state index contributed by atoms with van der Waals surface area (Å²) >= 11 is 5.98. The zero-order chi connectivity index (χ0) is 13.4. The Morgan fingerprint density at radius 2 is 2.00 bits per heavy atom. The number of aryl methyl sites for hydroxylation is 1. The Bertz CT molecular complexity index is 420. The molecule has 0 radical (unpaired) electrons. The molecule has 98 valence electrons. The molecule has 0 bridgehead atoms. The Kier molecular flexibility index (Phi) is 6.22. The fourth-order valence-corrected chi connectivity index (χ4v) is 1.67. The van der Waals surface area contributed by atoms with Crippen molar-refractivity contribution in [3.8, 4) is 0 Å². The average Bonchev–Trinajstić information content (AvgIpc) is 2.37. The highest BCUT2D eigenvalue weighted by Crippen LogP contribution is 2.16. The van der Waals surface area contributed by atoms with Crippen LogP contribution in [0.1, 0.15) is 18.4 Å². The Balaban J connectivity index is 2.25. The normalized spacial score (nSPS) is 9.89. The highest BCUT2D eigenvalue weighted by atomic mass is 35.5. The maximum Gasteiger partial charge on any atom is 0.307 e. The first-order valence-electron chi connectivity index (χ1n) is 5.70. The lowest BCUT2D eigenvalue weighted by Crippen LogP contribution is -2.26. The van der Waals surface area contributed by atoms with Gasteiger partial charge in [0.15, 0.2) is 0 Å². The first-order chi connectivity index (χ1) is 8.63. The molecule has 1 rings (SSSR count). The van der Waals surface area contributed by atoms with Crippen molar-refractivity contribution in [2.24, 2.45) is 0 Å². The van der Waals surface area contributed by atoms with Gasteiger partial charge in [0.05, 0.1) is 13.5 Å². The number of carbonyl (C=O) groups excluding carboxylic acids is 2. The summed E-state index contributed by atoms with van der Waals surface area (Å²) in [5, 5.41) is 3.32. The van der Waals surface area contributed by atoms with Crippen LogP contribution in [0.15, 0.2) is 24.3 Å². The van der Waals surface area contributed by atoms with Crippen molar-refractivity contribution in [3.63, 3.8) is 0 Å². The molecule has 0 saturated heterocycles. The molecule has 1 aromatic carbocycles. The molecule has 0 saturated carbocycles. The van der Waals surface area contributed by atoms with Crippen molar-refractivity contribution in [2.75, 3.05) is 13.7 Å². The lowest BCUT2D eigenvalue weighted by atomic mass is 10.1. The third kappa shape index (κ3) is 5.19. The molecule has 4 nitrogen and oxygen atoms in total. The van der Waals surface area contributed by atoms with Crippen LogP contribution in [0.2, 0.25) is 5.02 Å². The number of rotatable bonds is 6. The van der Waals surface area contributed by atoms with E-state index < -0.39 is 0 Å². The quantitative estimate of drug-likeness (QED) is 0.803. The predicted octanol–water partition coefficient (Wildman–Crippen LogP) is 1.95. The van der Waals surface area contributed by atoms with E-state index in [2.05, 4.69) is 10.1 Å². The van der Waals surface area contributed by atoms with E-state index in [1.165, 1.54) is 7.11 Å². The van der Waals surface area contributed by atoms with E-state index in [4.69, 9.17) is 11.6 Å². The summed E-state index contributed by atoms with van der Waals surface area (Å²) in [6.07, 6.45) is 1.13. The molecule has 0 heterocycles. The van der Waals surface area contributed by atoms with Crippen LogP contribution in [0.25, 0.3) is 0 Å². The van der Waals surface area contributed by atoms with E-state index in [1.807, 2.05) is 18.2 Å². The van der Waals surface area contributed by atoms with Gasteiger partial charge in [0.2, 0.25) is 5.91 Å². The van der Waals surface area contributed by atoms with E-state index >= 15 is 0 Å². The highest BCUT2D eigenvalue weighted by Gasteiger charge is 2.05. The molecule has 1 amide bonds. The topological polar surface area (TPSA) is 55.4 Å². The molecule has 0 aromatic heterocycles. The lowest BCUT2D eigenvalue weighted by Gasteiger charge is -2.05. The van der Waals surface area contributed by atoms with Crippen LogP contribution in [0.3, 0.4) is 0 Å². The number of amides is 1. The van der Waals surface area contributed by atoms with Crippen molar-refractivity contribution >= 4 is 23.5 Å². The van der Waals surface area contributed by atoms with Crippen LogP contribution in [0, 0.1) is 0 Å². The minimum atomic E-state index is -0.332. The molecule has 0 aliphatic rings. The number of esters is 1. The number of hydrogen-bond acceptors (Lipinski definition) is 3. The first-order valence-corrected chi connectivity index (χ1v) is 6.08. The standard InChI is InChI=1S/C13H16ClNO3/c1-18-13(17)8-9-15-12(16)7-6-10-4-2-3-5-11(10)14/h2-5H,6-9H2,1H3,(H,15,16). The third-order valence-electron chi connectivity index (χ3n) is 2.46. The van der Waals surface area contributed by atoms with Gasteiger partial charge in [0, 0.05) is 18.0 Å². The minimum absolute atomic E-state index is 0.0983. The first kappa shape index (κ1) is 14.5.